The fourth-order valence-corrected chi connectivity index (χ4v) is 2.53. The number of dihydropyridines is 1. The molecule has 0 amide bonds. The molecule has 1 aromatic carbocycles. The maximum Gasteiger partial charge on any atom is 0.170 e. The molecule has 2 aromatic rings. The van der Waals surface area contributed by atoms with Gasteiger partial charge < -0.3 is 9.26 Å². The summed E-state index contributed by atoms with van der Waals surface area (Å²) < 4.78 is 11.3. The summed E-state index contributed by atoms with van der Waals surface area (Å²) in [5.74, 6) is 3.40. The maximum atomic E-state index is 5.99. The third-order valence-corrected chi connectivity index (χ3v) is 3.73. The average molecular weight is 318 g/mol. The Balaban J connectivity index is 1.65. The van der Waals surface area contributed by atoms with Crippen LogP contribution in [0.4, 0.5) is 0 Å². The zero-order valence-electron chi connectivity index (χ0n) is 13.2. The molecule has 4 nitrogen and oxygen atoms in total. The van der Waals surface area contributed by atoms with Crippen LogP contribution in [0, 0.1) is 18.3 Å². The number of aromatic nitrogens is 1. The van der Waals surface area contributed by atoms with Crippen molar-refractivity contribution in [3.05, 3.63) is 78.2 Å². The highest BCUT2D eigenvalue weighted by molar-refractivity contribution is 5.73. The number of nitrogens with zero attached hydrogens (tertiary/aromatic N) is 2. The normalized spacial score (nSPS) is 21.0. The second-order valence-electron chi connectivity index (χ2n) is 5.33. The number of terminal acetylenes is 1. The van der Waals surface area contributed by atoms with Crippen molar-refractivity contribution in [1.29, 1.82) is 0 Å². The number of hydrogen-bond donors (Lipinski definition) is 0. The Morgan fingerprint density at radius 1 is 1.29 bits per heavy atom. The van der Waals surface area contributed by atoms with E-state index in [4.69, 9.17) is 15.7 Å². The van der Waals surface area contributed by atoms with E-state index in [2.05, 4.69) is 16.1 Å². The second-order valence-corrected chi connectivity index (χ2v) is 5.33. The second kappa shape index (κ2) is 8.09. The van der Waals surface area contributed by atoms with Crippen molar-refractivity contribution in [2.75, 3.05) is 6.61 Å². The molecule has 0 fully saturated rings. The van der Waals surface area contributed by atoms with Crippen LogP contribution in [0.3, 0.4) is 0 Å². The summed E-state index contributed by atoms with van der Waals surface area (Å²) in [6, 6.07) is 11.7. The van der Waals surface area contributed by atoms with E-state index in [1.807, 2.05) is 60.7 Å². The lowest BCUT2D eigenvalue weighted by Gasteiger charge is -2.16. The molecule has 0 N–H and O–H groups in total. The molecule has 0 saturated carbocycles. The van der Waals surface area contributed by atoms with E-state index in [0.717, 1.165) is 5.56 Å². The minimum Gasteiger partial charge on any atom is -0.361 e. The number of rotatable bonds is 6. The summed E-state index contributed by atoms with van der Waals surface area (Å²) in [6.45, 7) is 0.424. The molecular weight excluding hydrogens is 300 g/mol. The van der Waals surface area contributed by atoms with Crippen LogP contribution in [-0.4, -0.2) is 24.0 Å². The smallest absolute Gasteiger partial charge is 0.170 e. The van der Waals surface area contributed by atoms with Gasteiger partial charge in [0.15, 0.2) is 5.76 Å². The summed E-state index contributed by atoms with van der Waals surface area (Å²) in [7, 11) is 0. The Kier molecular flexibility index (Phi) is 5.39. The Morgan fingerprint density at radius 3 is 2.92 bits per heavy atom. The van der Waals surface area contributed by atoms with Crippen LogP contribution in [0.25, 0.3) is 0 Å². The highest BCUT2D eigenvalue weighted by Gasteiger charge is 2.18. The molecule has 24 heavy (non-hydrogen) atoms. The van der Waals surface area contributed by atoms with Crippen LogP contribution in [-0.2, 0) is 4.74 Å². The highest BCUT2D eigenvalue weighted by Crippen LogP contribution is 2.25. The highest BCUT2D eigenvalue weighted by atomic mass is 16.5. The van der Waals surface area contributed by atoms with Crippen LogP contribution < -0.4 is 0 Å². The standard InChI is InChI=1S/C20H18N2O2/c1-2-16-10-6-13-21-18(16)11-7-15-23-20(19-12-14-22-24-19)17-8-4-3-5-9-17/h1,3-14,16,18,20H,15H2/b11-7-/t16?,18?,20-/m1/s1. The largest absolute Gasteiger partial charge is 0.361 e. The van der Waals surface area contributed by atoms with E-state index in [1.54, 1.807) is 12.4 Å². The number of hydrogen-bond acceptors (Lipinski definition) is 4. The van der Waals surface area contributed by atoms with Crippen molar-refractivity contribution in [2.45, 2.75) is 12.1 Å². The third-order valence-electron chi connectivity index (χ3n) is 3.73. The van der Waals surface area contributed by atoms with Gasteiger partial charge in [0, 0.05) is 12.3 Å². The minimum atomic E-state index is -0.295. The first-order valence-electron chi connectivity index (χ1n) is 7.78. The third kappa shape index (κ3) is 3.89. The van der Waals surface area contributed by atoms with Crippen molar-refractivity contribution < 1.29 is 9.26 Å². The van der Waals surface area contributed by atoms with Gasteiger partial charge in [-0.25, -0.2) is 0 Å². The maximum absolute atomic E-state index is 5.99. The Hall–Kier alpha value is -2.90. The Labute approximate surface area is 141 Å². The van der Waals surface area contributed by atoms with Crippen LogP contribution in [0.5, 0.6) is 0 Å². The molecule has 0 radical (unpaired) electrons. The van der Waals surface area contributed by atoms with Crippen molar-refractivity contribution in [3.8, 4) is 12.3 Å². The number of allylic oxidation sites excluding steroid dienone is 1. The molecule has 1 aliphatic heterocycles. The van der Waals surface area contributed by atoms with Crippen molar-refractivity contribution in [1.82, 2.24) is 5.16 Å². The molecule has 3 atom stereocenters. The molecular formula is C20H18N2O2. The van der Waals surface area contributed by atoms with E-state index in [1.165, 1.54) is 0 Å². The van der Waals surface area contributed by atoms with Crippen molar-refractivity contribution in [2.24, 2.45) is 10.9 Å². The van der Waals surface area contributed by atoms with Gasteiger partial charge in [-0.05, 0) is 11.6 Å². The molecule has 0 aliphatic carbocycles. The topological polar surface area (TPSA) is 47.6 Å². The summed E-state index contributed by atoms with van der Waals surface area (Å²) in [4.78, 5) is 4.38. The summed E-state index contributed by atoms with van der Waals surface area (Å²) in [5, 5.41) is 3.77. The first-order valence-corrected chi connectivity index (χ1v) is 7.78. The molecule has 4 heteroatoms. The molecule has 2 heterocycles. The van der Waals surface area contributed by atoms with Crippen LogP contribution >= 0.6 is 0 Å². The van der Waals surface area contributed by atoms with Crippen molar-refractivity contribution >= 4 is 6.21 Å². The predicted octanol–water partition coefficient (Wildman–Crippen LogP) is 3.60. The Bertz CT molecular complexity index is 755. The molecule has 1 aromatic heterocycles. The monoisotopic (exact) mass is 318 g/mol. The van der Waals surface area contributed by atoms with Gasteiger partial charge in [-0.15, -0.1) is 6.42 Å². The quantitative estimate of drug-likeness (QED) is 0.604. The lowest BCUT2D eigenvalue weighted by Crippen LogP contribution is -2.15. The zero-order valence-corrected chi connectivity index (χ0v) is 13.2. The first-order chi connectivity index (χ1) is 11.9. The molecule has 120 valence electrons. The fraction of sp³-hybridized carbons (Fsp3) is 0.200. The van der Waals surface area contributed by atoms with Gasteiger partial charge in [0.1, 0.15) is 6.10 Å². The molecule has 0 bridgehead atoms. The van der Waals surface area contributed by atoms with Gasteiger partial charge in [-0.3, -0.25) is 4.99 Å². The van der Waals surface area contributed by atoms with E-state index < -0.39 is 0 Å². The fourth-order valence-electron chi connectivity index (χ4n) is 2.53. The predicted molar refractivity (Wildman–Crippen MR) is 93.6 cm³/mol. The summed E-state index contributed by atoms with van der Waals surface area (Å²) in [6.07, 6.45) is 16.4. The summed E-state index contributed by atoms with van der Waals surface area (Å²) >= 11 is 0. The first kappa shape index (κ1) is 16.0. The van der Waals surface area contributed by atoms with Gasteiger partial charge in [0.2, 0.25) is 0 Å². The van der Waals surface area contributed by atoms with Gasteiger partial charge in [-0.2, -0.15) is 0 Å². The Morgan fingerprint density at radius 2 is 2.17 bits per heavy atom. The molecule has 1 aliphatic rings. The SMILES string of the molecule is C#CC1C=CC=NC1/C=C\CO[C@H](c1ccccc1)c1ccno1. The van der Waals surface area contributed by atoms with E-state index in [0.29, 0.717) is 12.4 Å². The molecule has 3 rings (SSSR count). The lowest BCUT2D eigenvalue weighted by atomic mass is 9.98. The van der Waals surface area contributed by atoms with Gasteiger partial charge in [-0.1, -0.05) is 59.6 Å². The number of ether oxygens (including phenoxy) is 1. The number of aliphatic imine (C=N–C) groups is 1. The summed E-state index contributed by atoms with van der Waals surface area (Å²) in [5.41, 5.74) is 1.02. The molecule has 0 saturated heterocycles. The van der Waals surface area contributed by atoms with Gasteiger partial charge in [0.05, 0.1) is 24.8 Å². The molecule has 2 unspecified atom stereocenters. The minimum absolute atomic E-state index is 0.00885. The lowest BCUT2D eigenvalue weighted by molar-refractivity contribution is 0.0815. The van der Waals surface area contributed by atoms with Crippen LogP contribution in [0.2, 0.25) is 0 Å². The van der Waals surface area contributed by atoms with E-state index in [-0.39, 0.29) is 18.1 Å². The van der Waals surface area contributed by atoms with E-state index >= 15 is 0 Å². The van der Waals surface area contributed by atoms with E-state index in [9.17, 15) is 0 Å². The average Bonchev–Trinajstić information content (AvgIpc) is 3.17. The van der Waals surface area contributed by atoms with Crippen LogP contribution in [0.15, 0.2) is 76.4 Å². The van der Waals surface area contributed by atoms with Gasteiger partial charge >= 0.3 is 0 Å². The number of benzene rings is 1. The zero-order chi connectivity index (χ0) is 16.6. The molecule has 0 spiro atoms. The van der Waals surface area contributed by atoms with Crippen molar-refractivity contribution in [3.63, 3.8) is 0 Å². The van der Waals surface area contributed by atoms with Gasteiger partial charge in [0.25, 0.3) is 0 Å². The van der Waals surface area contributed by atoms with Crippen LogP contribution in [0.1, 0.15) is 17.4 Å².